The molecule has 0 fully saturated rings. The first-order valence-corrected chi connectivity index (χ1v) is 5.45. The summed E-state index contributed by atoms with van der Waals surface area (Å²) >= 11 is 3.48. The average molecular weight is 258 g/mol. The standard InChI is InChI=1S/C11H16BrNO/c1-11(7-13,8-14)6-9-4-2-3-5-10(9)12/h2-5,14H,6-8,13H2,1H3. The van der Waals surface area contributed by atoms with Gasteiger partial charge in [0.15, 0.2) is 0 Å². The van der Waals surface area contributed by atoms with Crippen molar-refractivity contribution in [1.29, 1.82) is 0 Å². The summed E-state index contributed by atoms with van der Waals surface area (Å²) in [5.74, 6) is 0. The number of benzene rings is 1. The molecule has 2 nitrogen and oxygen atoms in total. The van der Waals surface area contributed by atoms with Crippen molar-refractivity contribution >= 4 is 15.9 Å². The summed E-state index contributed by atoms with van der Waals surface area (Å²) in [6.45, 7) is 2.60. The van der Waals surface area contributed by atoms with E-state index in [9.17, 15) is 5.11 Å². The molecule has 1 aromatic carbocycles. The van der Waals surface area contributed by atoms with Crippen LogP contribution in [0.25, 0.3) is 0 Å². The van der Waals surface area contributed by atoms with E-state index >= 15 is 0 Å². The first-order chi connectivity index (χ1) is 6.61. The van der Waals surface area contributed by atoms with E-state index in [1.54, 1.807) is 0 Å². The Kier molecular flexibility index (Phi) is 4.11. The van der Waals surface area contributed by atoms with Crippen LogP contribution in [-0.2, 0) is 6.42 Å². The Labute approximate surface area is 93.3 Å². The molecule has 0 bridgehead atoms. The summed E-state index contributed by atoms with van der Waals surface area (Å²) in [7, 11) is 0. The molecule has 0 heterocycles. The summed E-state index contributed by atoms with van der Waals surface area (Å²) in [6, 6.07) is 8.03. The van der Waals surface area contributed by atoms with Crippen molar-refractivity contribution in [3.8, 4) is 0 Å². The molecule has 3 N–H and O–H groups in total. The van der Waals surface area contributed by atoms with Gasteiger partial charge in [-0.2, -0.15) is 0 Å². The molecule has 0 spiro atoms. The summed E-state index contributed by atoms with van der Waals surface area (Å²) in [5.41, 5.74) is 6.61. The maximum atomic E-state index is 9.24. The van der Waals surface area contributed by atoms with Gasteiger partial charge in [-0.1, -0.05) is 41.1 Å². The van der Waals surface area contributed by atoms with Crippen LogP contribution in [0, 0.1) is 5.41 Å². The third-order valence-electron chi connectivity index (χ3n) is 2.45. The Morgan fingerprint density at radius 3 is 2.57 bits per heavy atom. The lowest BCUT2D eigenvalue weighted by molar-refractivity contribution is 0.149. The van der Waals surface area contributed by atoms with E-state index in [1.807, 2.05) is 31.2 Å². The van der Waals surface area contributed by atoms with E-state index in [0.717, 1.165) is 10.9 Å². The Balaban J connectivity index is 2.82. The quantitative estimate of drug-likeness (QED) is 0.867. The Hall–Kier alpha value is -0.380. The molecule has 0 amide bonds. The summed E-state index contributed by atoms with van der Waals surface area (Å²) in [6.07, 6.45) is 0.793. The highest BCUT2D eigenvalue weighted by molar-refractivity contribution is 9.10. The number of hydrogen-bond donors (Lipinski definition) is 2. The fraction of sp³-hybridized carbons (Fsp3) is 0.455. The first-order valence-electron chi connectivity index (χ1n) is 4.66. The van der Waals surface area contributed by atoms with Crippen molar-refractivity contribution in [3.05, 3.63) is 34.3 Å². The molecule has 3 heteroatoms. The summed E-state index contributed by atoms with van der Waals surface area (Å²) < 4.78 is 1.08. The Morgan fingerprint density at radius 2 is 2.07 bits per heavy atom. The zero-order valence-electron chi connectivity index (χ0n) is 8.33. The molecule has 1 unspecified atom stereocenters. The molecule has 1 atom stereocenters. The van der Waals surface area contributed by atoms with Crippen LogP contribution in [-0.4, -0.2) is 18.3 Å². The van der Waals surface area contributed by atoms with Crippen LogP contribution in [0.3, 0.4) is 0 Å². The molecule has 0 aromatic heterocycles. The molecule has 1 aromatic rings. The number of halogens is 1. The molecule has 0 aliphatic heterocycles. The Bertz CT molecular complexity index is 297. The molecule has 0 radical (unpaired) electrons. The summed E-state index contributed by atoms with van der Waals surface area (Å²) in [4.78, 5) is 0. The van der Waals surface area contributed by atoms with E-state index in [1.165, 1.54) is 5.56 Å². The maximum Gasteiger partial charge on any atom is 0.0500 e. The van der Waals surface area contributed by atoms with Gasteiger partial charge < -0.3 is 10.8 Å². The second kappa shape index (κ2) is 4.91. The molecular formula is C11H16BrNO. The monoisotopic (exact) mass is 257 g/mol. The zero-order chi connectivity index (χ0) is 10.6. The van der Waals surface area contributed by atoms with Crippen molar-refractivity contribution in [2.24, 2.45) is 11.1 Å². The molecule has 14 heavy (non-hydrogen) atoms. The zero-order valence-corrected chi connectivity index (χ0v) is 9.92. The minimum atomic E-state index is -0.218. The highest BCUT2D eigenvalue weighted by Crippen LogP contribution is 2.25. The number of nitrogens with two attached hydrogens (primary N) is 1. The normalized spacial score (nSPS) is 15.1. The lowest BCUT2D eigenvalue weighted by Crippen LogP contribution is -2.33. The number of rotatable bonds is 4. The Morgan fingerprint density at radius 1 is 1.43 bits per heavy atom. The molecule has 0 saturated heterocycles. The lowest BCUT2D eigenvalue weighted by atomic mass is 9.84. The van der Waals surface area contributed by atoms with E-state index in [-0.39, 0.29) is 12.0 Å². The van der Waals surface area contributed by atoms with Crippen molar-refractivity contribution in [1.82, 2.24) is 0 Å². The van der Waals surface area contributed by atoms with Gasteiger partial charge in [0.1, 0.15) is 0 Å². The van der Waals surface area contributed by atoms with E-state index in [0.29, 0.717) is 6.54 Å². The number of aliphatic hydroxyl groups excluding tert-OH is 1. The van der Waals surface area contributed by atoms with Crippen LogP contribution >= 0.6 is 15.9 Å². The number of hydrogen-bond acceptors (Lipinski definition) is 2. The van der Waals surface area contributed by atoms with Crippen LogP contribution in [0.2, 0.25) is 0 Å². The van der Waals surface area contributed by atoms with Crippen molar-refractivity contribution in [2.75, 3.05) is 13.2 Å². The molecule has 78 valence electrons. The largest absolute Gasteiger partial charge is 0.396 e. The van der Waals surface area contributed by atoms with Crippen LogP contribution in [0.5, 0.6) is 0 Å². The fourth-order valence-corrected chi connectivity index (χ4v) is 1.72. The number of aliphatic hydroxyl groups is 1. The fourth-order valence-electron chi connectivity index (χ4n) is 1.29. The van der Waals surface area contributed by atoms with Gasteiger partial charge in [0.2, 0.25) is 0 Å². The van der Waals surface area contributed by atoms with Gasteiger partial charge >= 0.3 is 0 Å². The predicted molar refractivity (Wildman–Crippen MR) is 62.1 cm³/mol. The van der Waals surface area contributed by atoms with Gasteiger partial charge in [0, 0.05) is 23.0 Å². The van der Waals surface area contributed by atoms with Crippen molar-refractivity contribution in [2.45, 2.75) is 13.3 Å². The van der Waals surface area contributed by atoms with Gasteiger partial charge in [-0.3, -0.25) is 0 Å². The van der Waals surface area contributed by atoms with Crippen LogP contribution < -0.4 is 5.73 Å². The highest BCUT2D eigenvalue weighted by atomic mass is 79.9. The van der Waals surface area contributed by atoms with Gasteiger partial charge in [-0.15, -0.1) is 0 Å². The second-order valence-electron chi connectivity index (χ2n) is 3.94. The lowest BCUT2D eigenvalue weighted by Gasteiger charge is -2.25. The van der Waals surface area contributed by atoms with Gasteiger partial charge in [-0.25, -0.2) is 0 Å². The van der Waals surface area contributed by atoms with Gasteiger partial charge in [-0.05, 0) is 18.1 Å². The highest BCUT2D eigenvalue weighted by Gasteiger charge is 2.22. The topological polar surface area (TPSA) is 46.2 Å². The maximum absolute atomic E-state index is 9.24. The van der Waals surface area contributed by atoms with E-state index < -0.39 is 0 Å². The molecular weight excluding hydrogens is 242 g/mol. The van der Waals surface area contributed by atoms with Gasteiger partial charge in [0.25, 0.3) is 0 Å². The first kappa shape index (κ1) is 11.7. The molecule has 1 rings (SSSR count). The van der Waals surface area contributed by atoms with Crippen LogP contribution in [0.1, 0.15) is 12.5 Å². The molecule has 0 aliphatic carbocycles. The SMILES string of the molecule is CC(CN)(CO)Cc1ccccc1Br. The minimum absolute atomic E-state index is 0.116. The third kappa shape index (κ3) is 2.80. The predicted octanol–water partition coefficient (Wildman–Crippen LogP) is 1.95. The summed E-state index contributed by atoms with van der Waals surface area (Å²) in [5, 5.41) is 9.24. The third-order valence-corrected chi connectivity index (χ3v) is 3.22. The van der Waals surface area contributed by atoms with E-state index in [2.05, 4.69) is 15.9 Å². The minimum Gasteiger partial charge on any atom is -0.396 e. The smallest absolute Gasteiger partial charge is 0.0500 e. The van der Waals surface area contributed by atoms with Crippen LogP contribution in [0.4, 0.5) is 0 Å². The van der Waals surface area contributed by atoms with Crippen molar-refractivity contribution in [3.63, 3.8) is 0 Å². The molecule has 0 saturated carbocycles. The van der Waals surface area contributed by atoms with E-state index in [4.69, 9.17) is 5.73 Å². The van der Waals surface area contributed by atoms with Crippen LogP contribution in [0.15, 0.2) is 28.7 Å². The van der Waals surface area contributed by atoms with Crippen molar-refractivity contribution < 1.29 is 5.11 Å². The second-order valence-corrected chi connectivity index (χ2v) is 4.80. The van der Waals surface area contributed by atoms with Gasteiger partial charge in [0.05, 0.1) is 0 Å². The molecule has 0 aliphatic rings. The average Bonchev–Trinajstić information content (AvgIpc) is 2.21.